The number of halogens is 3. The largest absolute Gasteiger partial charge is 0.487 e. The number of carbonyl (C=O) groups is 1. The molecule has 7 nitrogen and oxygen atoms in total. The Morgan fingerprint density at radius 3 is 2.58 bits per heavy atom. The van der Waals surface area contributed by atoms with E-state index in [9.17, 15) is 18.7 Å². The second-order valence-corrected chi connectivity index (χ2v) is 11.8. The fourth-order valence-corrected chi connectivity index (χ4v) is 6.26. The van der Waals surface area contributed by atoms with E-state index in [1.165, 1.54) is 6.07 Å². The lowest BCUT2D eigenvalue weighted by Crippen LogP contribution is -2.39. The van der Waals surface area contributed by atoms with E-state index in [0.717, 1.165) is 29.6 Å². The average molecular weight is 593 g/mol. The molecule has 0 spiro atoms. The van der Waals surface area contributed by atoms with Crippen molar-refractivity contribution in [3.05, 3.63) is 83.2 Å². The summed E-state index contributed by atoms with van der Waals surface area (Å²) in [5.74, 6) is -3.63. The Morgan fingerprint density at radius 1 is 1.07 bits per heavy atom. The minimum atomic E-state index is -2.68. The Kier molecular flexibility index (Phi) is 8.03. The first kappa shape index (κ1) is 29.0. The molecule has 0 bridgehead atoms. The van der Waals surface area contributed by atoms with Crippen LogP contribution in [0.5, 0.6) is 5.75 Å². The van der Waals surface area contributed by atoms with E-state index in [0.29, 0.717) is 41.2 Å². The standard InChI is InChI=1S/C33H35F3N4O3/c1-21-6-8-23(37-18-21)20-43-25-10-11-29-30(17-25)40(31(38-29)26-4-2-3-5-27(26)32(41)42)19-22-7-9-24(16-28(22)34)39-14-12-33(35,36)13-15-39/h6-11,16-18,26-27H,2-5,12-15,19-20H2,1H3,(H,41,42)/t26-,27+/m1/s1. The Morgan fingerprint density at radius 2 is 1.86 bits per heavy atom. The number of aryl methyl sites for hydroxylation is 1. The van der Waals surface area contributed by atoms with Gasteiger partial charge in [-0.2, -0.15) is 0 Å². The molecule has 0 radical (unpaired) electrons. The van der Waals surface area contributed by atoms with E-state index in [-0.39, 0.29) is 45.0 Å². The molecule has 2 aromatic carbocycles. The summed E-state index contributed by atoms with van der Waals surface area (Å²) in [5, 5.41) is 10.0. The van der Waals surface area contributed by atoms with Gasteiger partial charge in [0.1, 0.15) is 24.0 Å². The number of imidazole rings is 1. The van der Waals surface area contributed by atoms with Crippen molar-refractivity contribution in [1.29, 1.82) is 0 Å². The Hall–Kier alpha value is -4.08. The third-order valence-electron chi connectivity index (χ3n) is 8.75. The van der Waals surface area contributed by atoms with Gasteiger partial charge in [0.05, 0.1) is 29.2 Å². The summed E-state index contributed by atoms with van der Waals surface area (Å²) in [7, 11) is 0. The minimum absolute atomic E-state index is 0.141. The van der Waals surface area contributed by atoms with Crippen molar-refractivity contribution in [3.63, 3.8) is 0 Å². The molecule has 1 aliphatic carbocycles. The molecule has 3 heterocycles. The molecule has 226 valence electrons. The molecular formula is C33H35F3N4O3. The van der Waals surface area contributed by atoms with Crippen molar-refractivity contribution in [1.82, 2.24) is 14.5 Å². The van der Waals surface area contributed by atoms with E-state index in [1.807, 2.05) is 41.8 Å². The van der Waals surface area contributed by atoms with Gasteiger partial charge in [0.15, 0.2) is 0 Å². The molecule has 0 amide bonds. The fraction of sp³-hybridized carbons (Fsp3) is 0.424. The Balaban J connectivity index is 1.33. The number of ether oxygens (including phenoxy) is 1. The smallest absolute Gasteiger partial charge is 0.307 e. The number of hydrogen-bond donors (Lipinski definition) is 1. The number of pyridine rings is 1. The molecule has 6 rings (SSSR count). The molecule has 0 unspecified atom stereocenters. The van der Waals surface area contributed by atoms with Gasteiger partial charge in [0.25, 0.3) is 5.92 Å². The minimum Gasteiger partial charge on any atom is -0.487 e. The number of carboxylic acids is 1. The average Bonchev–Trinajstić information content (AvgIpc) is 3.35. The van der Waals surface area contributed by atoms with Crippen LogP contribution < -0.4 is 9.64 Å². The molecule has 43 heavy (non-hydrogen) atoms. The summed E-state index contributed by atoms with van der Waals surface area (Å²) in [5.41, 5.74) is 4.22. The van der Waals surface area contributed by atoms with Crippen LogP contribution in [0.3, 0.4) is 0 Å². The van der Waals surface area contributed by atoms with Gasteiger partial charge in [-0.05, 0) is 55.7 Å². The molecule has 4 aromatic rings. The van der Waals surface area contributed by atoms with Crippen LogP contribution in [-0.4, -0.2) is 44.6 Å². The summed E-state index contributed by atoms with van der Waals surface area (Å²) < 4.78 is 50.9. The van der Waals surface area contributed by atoms with Crippen LogP contribution in [-0.2, 0) is 17.9 Å². The highest BCUT2D eigenvalue weighted by atomic mass is 19.3. The number of nitrogens with zero attached hydrogens (tertiary/aromatic N) is 4. The molecule has 2 atom stereocenters. The van der Waals surface area contributed by atoms with Crippen molar-refractivity contribution in [3.8, 4) is 5.75 Å². The topological polar surface area (TPSA) is 80.5 Å². The second-order valence-electron chi connectivity index (χ2n) is 11.8. The lowest BCUT2D eigenvalue weighted by molar-refractivity contribution is -0.143. The first-order chi connectivity index (χ1) is 20.7. The number of fused-ring (bicyclic) bond motifs is 1. The SMILES string of the molecule is Cc1ccc(COc2ccc3nc([C@@H]4CCCC[C@@H]4C(=O)O)n(Cc4ccc(N5CCC(F)(F)CC5)cc4F)c3c2)nc1. The number of hydrogen-bond acceptors (Lipinski definition) is 5. The number of rotatable bonds is 8. The quantitative estimate of drug-likeness (QED) is 0.235. The summed E-state index contributed by atoms with van der Waals surface area (Å²) >= 11 is 0. The third-order valence-corrected chi connectivity index (χ3v) is 8.75. The highest BCUT2D eigenvalue weighted by Gasteiger charge is 2.36. The number of aliphatic carboxylic acids is 1. The lowest BCUT2D eigenvalue weighted by atomic mass is 9.78. The fourth-order valence-electron chi connectivity index (χ4n) is 6.26. The molecular weight excluding hydrogens is 557 g/mol. The predicted octanol–water partition coefficient (Wildman–Crippen LogP) is 7.10. The molecule has 2 fully saturated rings. The van der Waals surface area contributed by atoms with Gasteiger partial charge in [-0.1, -0.05) is 25.0 Å². The van der Waals surface area contributed by atoms with Gasteiger partial charge < -0.3 is 19.3 Å². The van der Waals surface area contributed by atoms with Gasteiger partial charge in [0, 0.05) is 55.4 Å². The maximum atomic E-state index is 15.6. The van der Waals surface area contributed by atoms with Gasteiger partial charge in [-0.25, -0.2) is 18.2 Å². The maximum Gasteiger partial charge on any atom is 0.307 e. The number of aromatic nitrogens is 3. The summed E-state index contributed by atoms with van der Waals surface area (Å²) in [6.45, 7) is 2.72. The molecule has 2 aliphatic rings. The highest BCUT2D eigenvalue weighted by molar-refractivity contribution is 5.79. The number of alkyl halides is 2. The van der Waals surface area contributed by atoms with E-state index in [1.54, 1.807) is 23.2 Å². The zero-order valence-electron chi connectivity index (χ0n) is 24.1. The van der Waals surface area contributed by atoms with Gasteiger partial charge in [0.2, 0.25) is 0 Å². The van der Waals surface area contributed by atoms with Crippen molar-refractivity contribution < 1.29 is 27.8 Å². The van der Waals surface area contributed by atoms with E-state index in [4.69, 9.17) is 9.72 Å². The molecule has 1 saturated carbocycles. The zero-order valence-corrected chi connectivity index (χ0v) is 24.1. The van der Waals surface area contributed by atoms with Crippen LogP contribution in [0, 0.1) is 18.7 Å². The monoisotopic (exact) mass is 592 g/mol. The Labute approximate surface area is 248 Å². The first-order valence-electron chi connectivity index (χ1n) is 14.9. The van der Waals surface area contributed by atoms with Crippen LogP contribution >= 0.6 is 0 Å². The van der Waals surface area contributed by atoms with Crippen molar-refractivity contribution in [2.45, 2.75) is 70.4 Å². The number of piperidine rings is 1. The summed E-state index contributed by atoms with van der Waals surface area (Å²) in [4.78, 5) is 23.3. The maximum absolute atomic E-state index is 15.6. The highest BCUT2D eigenvalue weighted by Crippen LogP contribution is 2.40. The van der Waals surface area contributed by atoms with E-state index in [2.05, 4.69) is 4.98 Å². The van der Waals surface area contributed by atoms with Crippen LogP contribution in [0.1, 0.15) is 67.1 Å². The van der Waals surface area contributed by atoms with Crippen LogP contribution in [0.25, 0.3) is 11.0 Å². The van der Waals surface area contributed by atoms with Gasteiger partial charge in [-0.3, -0.25) is 9.78 Å². The summed E-state index contributed by atoms with van der Waals surface area (Å²) in [6, 6.07) is 14.3. The van der Waals surface area contributed by atoms with Crippen LogP contribution in [0.4, 0.5) is 18.9 Å². The van der Waals surface area contributed by atoms with E-state index < -0.39 is 23.6 Å². The van der Waals surface area contributed by atoms with Gasteiger partial charge in [-0.15, -0.1) is 0 Å². The summed E-state index contributed by atoms with van der Waals surface area (Å²) in [6.07, 6.45) is 4.27. The second kappa shape index (κ2) is 11.9. The first-order valence-corrected chi connectivity index (χ1v) is 14.9. The predicted molar refractivity (Wildman–Crippen MR) is 157 cm³/mol. The van der Waals surface area contributed by atoms with Crippen molar-refractivity contribution in [2.24, 2.45) is 5.92 Å². The molecule has 1 N–H and O–H groups in total. The number of benzene rings is 2. The van der Waals surface area contributed by atoms with Crippen LogP contribution in [0.15, 0.2) is 54.7 Å². The van der Waals surface area contributed by atoms with Gasteiger partial charge >= 0.3 is 5.97 Å². The molecule has 1 aliphatic heterocycles. The van der Waals surface area contributed by atoms with Crippen molar-refractivity contribution in [2.75, 3.05) is 18.0 Å². The molecule has 10 heteroatoms. The normalized spacial score (nSPS) is 20.3. The molecule has 1 saturated heterocycles. The third kappa shape index (κ3) is 6.33. The van der Waals surface area contributed by atoms with E-state index >= 15 is 4.39 Å². The number of carboxylic acid groups (broad SMARTS) is 1. The number of anilines is 1. The Bertz CT molecular complexity index is 1610. The lowest BCUT2D eigenvalue weighted by Gasteiger charge is -2.33. The zero-order chi connectivity index (χ0) is 30.1. The van der Waals surface area contributed by atoms with Crippen molar-refractivity contribution >= 4 is 22.7 Å². The molecule has 2 aromatic heterocycles. The van der Waals surface area contributed by atoms with Crippen LogP contribution in [0.2, 0.25) is 0 Å².